The van der Waals surface area contributed by atoms with E-state index in [4.69, 9.17) is 14.5 Å². The molecular formula is C50H67N5O7S. The number of rotatable bonds is 23. The summed E-state index contributed by atoms with van der Waals surface area (Å²) in [6, 6.07) is 26.1. The van der Waals surface area contributed by atoms with Crippen LogP contribution in [0.3, 0.4) is 0 Å². The fourth-order valence-electron chi connectivity index (χ4n) is 8.29. The van der Waals surface area contributed by atoms with E-state index in [2.05, 4.69) is 29.4 Å². The maximum atomic E-state index is 15.1. The number of amides is 3. The normalized spacial score (nSPS) is 17.2. The van der Waals surface area contributed by atoms with Gasteiger partial charge < -0.3 is 30.1 Å². The number of hydrogen-bond acceptors (Lipinski definition) is 9. The third-order valence-corrected chi connectivity index (χ3v) is 13.2. The van der Waals surface area contributed by atoms with E-state index in [1.807, 2.05) is 111 Å². The van der Waals surface area contributed by atoms with Crippen LogP contribution in [0.4, 0.5) is 0 Å². The molecule has 0 radical (unpaired) electrons. The Bertz CT molecular complexity index is 2050. The van der Waals surface area contributed by atoms with E-state index in [-0.39, 0.29) is 54.6 Å². The molecule has 3 amide bonds. The molecule has 13 heteroatoms. The quantitative estimate of drug-likeness (QED) is 0.0625. The van der Waals surface area contributed by atoms with Crippen LogP contribution < -0.4 is 10.6 Å². The van der Waals surface area contributed by atoms with Gasteiger partial charge in [-0.15, -0.1) is 11.3 Å². The van der Waals surface area contributed by atoms with E-state index in [0.29, 0.717) is 30.8 Å². The lowest BCUT2D eigenvalue weighted by Gasteiger charge is -2.40. The highest BCUT2D eigenvalue weighted by molar-refractivity contribution is 7.09. The fraction of sp³-hybridized carbons (Fsp3) is 0.500. The number of carbonyl (C=O) groups excluding carboxylic acids is 3. The number of nitrogens with one attached hydrogen (secondary N) is 2. The van der Waals surface area contributed by atoms with E-state index in [9.17, 15) is 19.5 Å². The highest BCUT2D eigenvalue weighted by Gasteiger charge is 2.38. The van der Waals surface area contributed by atoms with Crippen LogP contribution in [0.2, 0.25) is 0 Å². The van der Waals surface area contributed by atoms with E-state index >= 15 is 4.79 Å². The first-order chi connectivity index (χ1) is 30.3. The van der Waals surface area contributed by atoms with Crippen molar-refractivity contribution in [3.05, 3.63) is 112 Å². The molecule has 1 aliphatic rings. The second-order valence-electron chi connectivity index (χ2n) is 17.4. The SMILES string of the molecule is CCC(C)C(NC(=O)C1CCCCN1C)C(=O)N(Cc1ccccc1)C(CC(OCOC)c1nc(C(=O)NC(Cc2ccc(-c3ccccc3)cc2)CC(C)C(=O)O)cs1)C(C)C. The second kappa shape index (κ2) is 24.2. The molecular weight excluding hydrogens is 815 g/mol. The molecule has 1 aromatic heterocycles. The topological polar surface area (TPSA) is 150 Å². The number of aliphatic carboxylic acids is 1. The number of thiazole rings is 1. The largest absolute Gasteiger partial charge is 0.481 e. The minimum absolute atomic E-state index is 0.0365. The number of aromatic nitrogens is 1. The first-order valence-corrected chi connectivity index (χ1v) is 23.3. The number of hydrogen-bond donors (Lipinski definition) is 3. The third kappa shape index (κ3) is 14.0. The van der Waals surface area contributed by atoms with Crippen LogP contribution in [0.15, 0.2) is 90.3 Å². The summed E-state index contributed by atoms with van der Waals surface area (Å²) in [4.78, 5) is 63.6. The van der Waals surface area contributed by atoms with Crippen molar-refractivity contribution in [1.82, 2.24) is 25.4 Å². The fourth-order valence-corrected chi connectivity index (χ4v) is 9.15. The van der Waals surface area contributed by atoms with Crippen LogP contribution in [0.1, 0.15) is 106 Å². The molecule has 0 spiro atoms. The van der Waals surface area contributed by atoms with Gasteiger partial charge in [0.15, 0.2) is 0 Å². The van der Waals surface area contributed by atoms with Crippen LogP contribution in [-0.4, -0.2) is 95.2 Å². The molecule has 4 aromatic rings. The van der Waals surface area contributed by atoms with Gasteiger partial charge >= 0.3 is 5.97 Å². The smallest absolute Gasteiger partial charge is 0.306 e. The van der Waals surface area contributed by atoms with Gasteiger partial charge in [-0.25, -0.2) is 4.98 Å². The molecule has 340 valence electrons. The zero-order chi connectivity index (χ0) is 45.5. The van der Waals surface area contributed by atoms with Gasteiger partial charge in [0.25, 0.3) is 5.91 Å². The Labute approximate surface area is 377 Å². The van der Waals surface area contributed by atoms with Gasteiger partial charge in [0.1, 0.15) is 29.6 Å². The molecule has 3 aromatic carbocycles. The van der Waals surface area contributed by atoms with Crippen molar-refractivity contribution in [2.24, 2.45) is 17.8 Å². The van der Waals surface area contributed by atoms with Crippen molar-refractivity contribution in [2.45, 2.75) is 116 Å². The van der Waals surface area contributed by atoms with Crippen LogP contribution in [-0.2, 0) is 36.8 Å². The number of carboxylic acid groups (broad SMARTS) is 1. The lowest BCUT2D eigenvalue weighted by atomic mass is 9.91. The molecule has 12 nitrogen and oxygen atoms in total. The standard InChI is InChI=1S/C50H67N5O7S/c1-8-34(4)45(53-47(57)42-21-15-16-26-54(42)6)49(58)55(30-37-17-11-9-12-18-37)43(33(2)3)29-44(62-32-61-7)48-52-41(31-63-48)46(56)51-40(27-35(5)50(59)60)28-36-22-24-39(25-23-36)38-19-13-10-14-20-38/h9-14,17-20,22-25,31,33-35,40,42-45H,8,15-16,21,26-30,32H2,1-7H3,(H,51,56)(H,53,57)(H,59,60). The molecule has 3 N–H and O–H groups in total. The zero-order valence-corrected chi connectivity index (χ0v) is 38.8. The van der Waals surface area contributed by atoms with Crippen molar-refractivity contribution in [2.75, 3.05) is 27.5 Å². The van der Waals surface area contributed by atoms with Crippen molar-refractivity contribution in [3.63, 3.8) is 0 Å². The maximum Gasteiger partial charge on any atom is 0.306 e. The molecule has 0 saturated carbocycles. The maximum absolute atomic E-state index is 15.1. The number of piperidine rings is 1. The number of likely N-dealkylation sites (tertiary alicyclic amines) is 1. The minimum atomic E-state index is -0.933. The molecule has 63 heavy (non-hydrogen) atoms. The summed E-state index contributed by atoms with van der Waals surface area (Å²) in [7, 11) is 3.51. The van der Waals surface area contributed by atoms with E-state index in [1.165, 1.54) is 11.3 Å². The van der Waals surface area contributed by atoms with Crippen molar-refractivity contribution >= 4 is 35.0 Å². The third-order valence-electron chi connectivity index (χ3n) is 12.3. The number of nitrogens with zero attached hydrogens (tertiary/aromatic N) is 3. The Kier molecular flexibility index (Phi) is 18.9. The van der Waals surface area contributed by atoms with Crippen LogP contribution >= 0.6 is 11.3 Å². The van der Waals surface area contributed by atoms with Gasteiger partial charge in [0, 0.05) is 37.5 Å². The summed E-state index contributed by atoms with van der Waals surface area (Å²) in [6.07, 6.45) is 3.83. The molecule has 2 heterocycles. The summed E-state index contributed by atoms with van der Waals surface area (Å²) in [6.45, 7) is 11.0. The van der Waals surface area contributed by atoms with Gasteiger partial charge in [0.05, 0.1) is 12.0 Å². The van der Waals surface area contributed by atoms with Crippen molar-refractivity contribution in [1.29, 1.82) is 0 Å². The summed E-state index contributed by atoms with van der Waals surface area (Å²) in [5, 5.41) is 18.3. The molecule has 1 saturated heterocycles. The Balaban J connectivity index is 1.39. The summed E-state index contributed by atoms with van der Waals surface area (Å²) < 4.78 is 11.7. The molecule has 1 fully saturated rings. The Morgan fingerprint density at radius 2 is 1.56 bits per heavy atom. The molecule has 1 aliphatic heterocycles. The first-order valence-electron chi connectivity index (χ1n) is 22.4. The lowest BCUT2D eigenvalue weighted by molar-refractivity contribution is -0.144. The highest BCUT2D eigenvalue weighted by atomic mass is 32.1. The monoisotopic (exact) mass is 881 g/mol. The minimum Gasteiger partial charge on any atom is -0.481 e. The predicted octanol–water partition coefficient (Wildman–Crippen LogP) is 8.38. The van der Waals surface area contributed by atoms with E-state index < -0.39 is 36.0 Å². The molecule has 0 aliphatic carbocycles. The van der Waals surface area contributed by atoms with Crippen LogP contribution in [0, 0.1) is 17.8 Å². The van der Waals surface area contributed by atoms with Crippen molar-refractivity contribution < 1.29 is 33.8 Å². The molecule has 7 unspecified atom stereocenters. The van der Waals surface area contributed by atoms with Gasteiger partial charge in [-0.3, -0.25) is 24.1 Å². The van der Waals surface area contributed by atoms with Gasteiger partial charge in [0.2, 0.25) is 11.8 Å². The van der Waals surface area contributed by atoms with Gasteiger partial charge in [-0.2, -0.15) is 0 Å². The molecule has 7 atom stereocenters. The van der Waals surface area contributed by atoms with Gasteiger partial charge in [-0.05, 0) is 73.4 Å². The first kappa shape index (κ1) is 49.1. The molecule has 0 bridgehead atoms. The number of methoxy groups -OCH3 is 1. The second-order valence-corrected chi connectivity index (χ2v) is 18.3. The number of ether oxygens (including phenoxy) is 2. The van der Waals surface area contributed by atoms with Gasteiger partial charge in [-0.1, -0.05) is 132 Å². The Morgan fingerprint density at radius 3 is 2.17 bits per heavy atom. The predicted molar refractivity (Wildman–Crippen MR) is 248 cm³/mol. The zero-order valence-electron chi connectivity index (χ0n) is 38.0. The van der Waals surface area contributed by atoms with E-state index in [0.717, 1.165) is 48.1 Å². The molecule has 5 rings (SSSR count). The van der Waals surface area contributed by atoms with Crippen LogP contribution in [0.5, 0.6) is 0 Å². The Hall–Kier alpha value is -4.95. The average Bonchev–Trinajstić information content (AvgIpc) is 3.79. The Morgan fingerprint density at radius 1 is 0.889 bits per heavy atom. The number of carboxylic acids is 1. The average molecular weight is 882 g/mol. The summed E-state index contributed by atoms with van der Waals surface area (Å²) >= 11 is 1.29. The summed E-state index contributed by atoms with van der Waals surface area (Å²) in [5.74, 6) is -2.47. The highest BCUT2D eigenvalue weighted by Crippen LogP contribution is 2.33. The number of carbonyl (C=O) groups is 4. The number of benzene rings is 3. The van der Waals surface area contributed by atoms with Crippen LogP contribution in [0.25, 0.3) is 11.1 Å². The number of likely N-dealkylation sites (N-methyl/N-ethyl adjacent to an activating group) is 1. The van der Waals surface area contributed by atoms with E-state index in [1.54, 1.807) is 19.4 Å². The summed E-state index contributed by atoms with van der Waals surface area (Å²) in [5.41, 5.74) is 4.28. The van der Waals surface area contributed by atoms with Crippen molar-refractivity contribution in [3.8, 4) is 11.1 Å². The lowest BCUT2D eigenvalue weighted by Crippen LogP contribution is -2.58.